The van der Waals surface area contributed by atoms with Crippen LogP contribution in [0.5, 0.6) is 5.75 Å². The topological polar surface area (TPSA) is 70.2 Å². The monoisotopic (exact) mass is 302 g/mol. The van der Waals surface area contributed by atoms with Gasteiger partial charge in [-0.25, -0.2) is 0 Å². The Balaban J connectivity index is 0.00000220. The van der Waals surface area contributed by atoms with Gasteiger partial charge in [0.05, 0.1) is 0 Å². The highest BCUT2D eigenvalue weighted by atomic mass is 32.2. The van der Waals surface area contributed by atoms with E-state index in [1.807, 2.05) is 24.3 Å². The van der Waals surface area contributed by atoms with Gasteiger partial charge in [-0.3, -0.25) is 0 Å². The van der Waals surface area contributed by atoms with Crippen molar-refractivity contribution < 1.29 is 4.74 Å². The molecular formula is C17H22N2OS. The van der Waals surface area contributed by atoms with E-state index >= 15 is 0 Å². The van der Waals surface area contributed by atoms with E-state index in [1.54, 1.807) is 5.41 Å². The molecule has 21 heavy (non-hydrogen) atoms. The molecule has 0 aromatic heterocycles. The standard InChI is InChI=1S/C17H19NOS.H3N/c1-3-20-13(2)16(11-12-18)19-17-10-6-8-14-7-4-5-9-15(14)17;/h3-10,16H,1-2,11-12,18H2;1H3. The highest BCUT2D eigenvalue weighted by Gasteiger charge is 2.15. The van der Waals surface area contributed by atoms with Crippen LogP contribution in [0.25, 0.3) is 10.8 Å². The van der Waals surface area contributed by atoms with Crippen LogP contribution in [-0.4, -0.2) is 12.6 Å². The fourth-order valence-corrected chi connectivity index (χ4v) is 2.60. The number of hydrogen-bond donors (Lipinski definition) is 2. The van der Waals surface area contributed by atoms with Gasteiger partial charge in [0.2, 0.25) is 0 Å². The Bertz CT molecular complexity index is 607. The number of hydrogen-bond acceptors (Lipinski definition) is 4. The van der Waals surface area contributed by atoms with Crippen LogP contribution in [-0.2, 0) is 0 Å². The lowest BCUT2D eigenvalue weighted by atomic mass is 10.1. The summed E-state index contributed by atoms with van der Waals surface area (Å²) in [5.74, 6) is 0.868. The SMILES string of the molecule is C=CSC(=C)C(CCN)Oc1cccc2ccccc12.N. The third-order valence-corrected chi connectivity index (χ3v) is 3.77. The molecule has 0 saturated heterocycles. The molecule has 0 radical (unpaired) electrons. The van der Waals surface area contributed by atoms with Crippen LogP contribution in [0.15, 0.2) is 65.9 Å². The molecule has 112 valence electrons. The van der Waals surface area contributed by atoms with Gasteiger partial charge in [-0.2, -0.15) is 0 Å². The summed E-state index contributed by atoms with van der Waals surface area (Å²) in [6, 6.07) is 14.2. The van der Waals surface area contributed by atoms with Gasteiger partial charge >= 0.3 is 0 Å². The second-order valence-corrected chi connectivity index (χ2v) is 5.51. The van der Waals surface area contributed by atoms with Gasteiger partial charge in [0, 0.05) is 16.7 Å². The van der Waals surface area contributed by atoms with E-state index in [-0.39, 0.29) is 12.3 Å². The zero-order valence-corrected chi connectivity index (χ0v) is 12.9. The minimum absolute atomic E-state index is 0. The first-order valence-corrected chi connectivity index (χ1v) is 7.45. The van der Waals surface area contributed by atoms with Crippen molar-refractivity contribution in [3.8, 4) is 5.75 Å². The van der Waals surface area contributed by atoms with Gasteiger partial charge in [0.15, 0.2) is 0 Å². The van der Waals surface area contributed by atoms with Gasteiger partial charge in [-0.1, -0.05) is 61.3 Å². The fraction of sp³-hybridized carbons (Fsp3) is 0.176. The van der Waals surface area contributed by atoms with E-state index in [2.05, 4.69) is 31.4 Å². The van der Waals surface area contributed by atoms with Crippen LogP contribution in [0.4, 0.5) is 0 Å². The van der Waals surface area contributed by atoms with Gasteiger partial charge in [0.1, 0.15) is 11.9 Å². The van der Waals surface area contributed by atoms with Gasteiger partial charge < -0.3 is 16.6 Å². The zero-order chi connectivity index (χ0) is 14.4. The number of nitrogens with two attached hydrogens (primary N) is 1. The van der Waals surface area contributed by atoms with Crippen LogP contribution >= 0.6 is 11.8 Å². The number of rotatable bonds is 7. The molecule has 0 heterocycles. The van der Waals surface area contributed by atoms with E-state index < -0.39 is 0 Å². The van der Waals surface area contributed by atoms with Gasteiger partial charge in [0.25, 0.3) is 0 Å². The molecule has 2 rings (SSSR count). The third-order valence-electron chi connectivity index (χ3n) is 3.04. The van der Waals surface area contributed by atoms with Crippen LogP contribution in [0, 0.1) is 0 Å². The number of benzene rings is 2. The lowest BCUT2D eigenvalue weighted by Gasteiger charge is -2.20. The average molecular weight is 302 g/mol. The van der Waals surface area contributed by atoms with Crippen molar-refractivity contribution in [1.82, 2.24) is 6.15 Å². The Hall–Kier alpha value is -1.75. The molecule has 0 bridgehead atoms. The molecule has 0 spiro atoms. The molecular weight excluding hydrogens is 280 g/mol. The summed E-state index contributed by atoms with van der Waals surface area (Å²) in [5.41, 5.74) is 5.67. The predicted molar refractivity (Wildman–Crippen MR) is 94.0 cm³/mol. The third kappa shape index (κ3) is 4.36. The molecule has 1 atom stereocenters. The maximum Gasteiger partial charge on any atom is 0.130 e. The molecule has 1 unspecified atom stereocenters. The largest absolute Gasteiger partial charge is 0.485 e. The first-order chi connectivity index (χ1) is 9.76. The second kappa shape index (κ2) is 8.52. The van der Waals surface area contributed by atoms with E-state index in [0.717, 1.165) is 22.5 Å². The molecule has 0 fully saturated rings. The molecule has 0 saturated carbocycles. The zero-order valence-electron chi connectivity index (χ0n) is 12.1. The van der Waals surface area contributed by atoms with Crippen molar-refractivity contribution in [2.75, 3.05) is 6.54 Å². The summed E-state index contributed by atoms with van der Waals surface area (Å²) in [4.78, 5) is 0.929. The minimum Gasteiger partial charge on any atom is -0.485 e. The van der Waals surface area contributed by atoms with Crippen molar-refractivity contribution in [2.45, 2.75) is 12.5 Å². The summed E-state index contributed by atoms with van der Waals surface area (Å²) < 4.78 is 6.13. The average Bonchev–Trinajstić information content (AvgIpc) is 2.47. The quantitative estimate of drug-likeness (QED) is 0.790. The molecule has 0 aliphatic carbocycles. The Morgan fingerprint density at radius 3 is 2.67 bits per heavy atom. The van der Waals surface area contributed by atoms with Crippen molar-refractivity contribution >= 4 is 22.5 Å². The highest BCUT2D eigenvalue weighted by molar-refractivity contribution is 8.05. The van der Waals surface area contributed by atoms with Crippen LogP contribution in [0.3, 0.4) is 0 Å². The van der Waals surface area contributed by atoms with Crippen molar-refractivity contribution in [2.24, 2.45) is 5.73 Å². The summed E-state index contributed by atoms with van der Waals surface area (Å²) in [7, 11) is 0. The fourth-order valence-electron chi connectivity index (χ4n) is 2.07. The molecule has 0 aliphatic heterocycles. The lowest BCUT2D eigenvalue weighted by Crippen LogP contribution is -2.21. The number of ether oxygens (including phenoxy) is 1. The number of fused-ring (bicyclic) bond motifs is 1. The normalized spacial score (nSPS) is 11.5. The molecule has 3 nitrogen and oxygen atoms in total. The van der Waals surface area contributed by atoms with Crippen LogP contribution in [0.1, 0.15) is 6.42 Å². The first kappa shape index (κ1) is 17.3. The van der Waals surface area contributed by atoms with E-state index in [4.69, 9.17) is 10.5 Å². The molecule has 4 heteroatoms. The smallest absolute Gasteiger partial charge is 0.130 e. The minimum atomic E-state index is -0.103. The summed E-state index contributed by atoms with van der Waals surface area (Å²) >= 11 is 1.49. The molecule has 0 aliphatic rings. The van der Waals surface area contributed by atoms with E-state index in [1.165, 1.54) is 17.1 Å². The first-order valence-electron chi connectivity index (χ1n) is 6.57. The van der Waals surface area contributed by atoms with Crippen molar-refractivity contribution in [1.29, 1.82) is 0 Å². The molecule has 2 aromatic carbocycles. The Morgan fingerprint density at radius 2 is 1.95 bits per heavy atom. The molecule has 2 aromatic rings. The Labute approximate surface area is 130 Å². The number of thioether (sulfide) groups is 1. The molecule has 5 N–H and O–H groups in total. The van der Waals surface area contributed by atoms with E-state index in [0.29, 0.717) is 6.54 Å². The van der Waals surface area contributed by atoms with Gasteiger partial charge in [-0.05, 0) is 23.4 Å². The highest BCUT2D eigenvalue weighted by Crippen LogP contribution is 2.30. The second-order valence-electron chi connectivity index (χ2n) is 4.41. The van der Waals surface area contributed by atoms with Crippen molar-refractivity contribution in [3.05, 3.63) is 65.9 Å². The maximum absolute atomic E-state index is 6.13. The molecule has 0 amide bonds. The van der Waals surface area contributed by atoms with Crippen LogP contribution in [0.2, 0.25) is 0 Å². The van der Waals surface area contributed by atoms with E-state index in [9.17, 15) is 0 Å². The van der Waals surface area contributed by atoms with Gasteiger partial charge in [-0.15, -0.1) is 0 Å². The lowest BCUT2D eigenvalue weighted by molar-refractivity contribution is 0.241. The predicted octanol–water partition coefficient (Wildman–Crippen LogP) is 4.49. The Kier molecular flexibility index (Phi) is 7.02. The summed E-state index contributed by atoms with van der Waals surface area (Å²) in [6.45, 7) is 8.33. The summed E-state index contributed by atoms with van der Waals surface area (Å²) in [5, 5.41) is 4.03. The Morgan fingerprint density at radius 1 is 1.24 bits per heavy atom. The van der Waals surface area contributed by atoms with Crippen LogP contribution < -0.4 is 16.6 Å². The van der Waals surface area contributed by atoms with Crippen molar-refractivity contribution in [3.63, 3.8) is 0 Å². The summed E-state index contributed by atoms with van der Waals surface area (Å²) in [6.07, 6.45) is 0.636. The maximum atomic E-state index is 6.13.